The fourth-order valence-corrected chi connectivity index (χ4v) is 3.46. The van der Waals surface area contributed by atoms with Crippen molar-refractivity contribution in [2.75, 3.05) is 32.1 Å². The van der Waals surface area contributed by atoms with Gasteiger partial charge < -0.3 is 9.64 Å². The molecule has 0 bridgehead atoms. The van der Waals surface area contributed by atoms with Gasteiger partial charge in [0.05, 0.1) is 19.0 Å². The van der Waals surface area contributed by atoms with E-state index in [-0.39, 0.29) is 11.7 Å². The Morgan fingerprint density at radius 3 is 2.40 bits per heavy atom. The Kier molecular flexibility index (Phi) is 5.01. The van der Waals surface area contributed by atoms with Crippen molar-refractivity contribution in [2.24, 2.45) is 0 Å². The highest BCUT2D eigenvalue weighted by Gasteiger charge is 2.23. The molecule has 0 atom stereocenters. The minimum Gasteiger partial charge on any atom is -0.378 e. The number of halogens is 1. The number of benzene rings is 1. The van der Waals surface area contributed by atoms with Crippen LogP contribution in [-0.2, 0) is 25.1 Å². The maximum Gasteiger partial charge on any atom is 0.237 e. The molecule has 1 aliphatic heterocycles. The summed E-state index contributed by atoms with van der Waals surface area (Å²) in [5.41, 5.74) is 0.629. The second kappa shape index (κ2) is 6.56. The van der Waals surface area contributed by atoms with Gasteiger partial charge in [-0.2, -0.15) is 0 Å². The van der Waals surface area contributed by atoms with Gasteiger partial charge in [0.2, 0.25) is 5.91 Å². The lowest BCUT2D eigenvalue weighted by molar-refractivity contribution is -0.132. The predicted molar refractivity (Wildman–Crippen MR) is 76.3 cm³/mol. The average molecular weight is 318 g/mol. The molecule has 20 heavy (non-hydrogen) atoms. The number of rotatable bonds is 4. The second-order valence-corrected chi connectivity index (χ2v) is 7.15. The molecule has 0 N–H and O–H groups in total. The van der Waals surface area contributed by atoms with Crippen LogP contribution in [0.25, 0.3) is 0 Å². The molecule has 0 aromatic heterocycles. The number of sulfone groups is 1. The van der Waals surface area contributed by atoms with Gasteiger partial charge in [-0.05, 0) is 17.7 Å². The van der Waals surface area contributed by atoms with Crippen molar-refractivity contribution in [3.05, 3.63) is 34.9 Å². The van der Waals surface area contributed by atoms with Crippen molar-refractivity contribution in [2.45, 2.75) is 5.75 Å². The van der Waals surface area contributed by atoms with Gasteiger partial charge >= 0.3 is 0 Å². The summed E-state index contributed by atoms with van der Waals surface area (Å²) in [4.78, 5) is 13.5. The largest absolute Gasteiger partial charge is 0.378 e. The highest BCUT2D eigenvalue weighted by atomic mass is 35.5. The molecule has 1 heterocycles. The highest BCUT2D eigenvalue weighted by molar-refractivity contribution is 7.91. The van der Waals surface area contributed by atoms with Crippen LogP contribution in [0.15, 0.2) is 24.3 Å². The zero-order valence-corrected chi connectivity index (χ0v) is 12.5. The molecule has 1 saturated heterocycles. The SMILES string of the molecule is O=C(CS(=O)(=O)Cc1ccc(Cl)cc1)N1CCOCC1. The van der Waals surface area contributed by atoms with E-state index >= 15 is 0 Å². The molecule has 0 saturated carbocycles. The van der Waals surface area contributed by atoms with Crippen molar-refractivity contribution in [3.63, 3.8) is 0 Å². The first-order valence-electron chi connectivity index (χ1n) is 6.27. The van der Waals surface area contributed by atoms with Crippen molar-refractivity contribution >= 4 is 27.3 Å². The summed E-state index contributed by atoms with van der Waals surface area (Å²) in [6.45, 7) is 1.83. The number of carbonyl (C=O) groups excluding carboxylic acids is 1. The van der Waals surface area contributed by atoms with Crippen LogP contribution >= 0.6 is 11.6 Å². The molecule has 2 rings (SSSR count). The Bertz CT molecular complexity index is 565. The number of amides is 1. The molecule has 1 amide bonds. The smallest absolute Gasteiger partial charge is 0.237 e. The third-order valence-electron chi connectivity index (χ3n) is 3.01. The van der Waals surface area contributed by atoms with Crippen LogP contribution in [-0.4, -0.2) is 51.3 Å². The van der Waals surface area contributed by atoms with Gasteiger partial charge in [0.15, 0.2) is 9.84 Å². The number of nitrogens with zero attached hydrogens (tertiary/aromatic N) is 1. The molecular formula is C13H16ClNO4S. The maximum atomic E-state index is 12.0. The van der Waals surface area contributed by atoms with Crippen LogP contribution in [0, 0.1) is 0 Å². The van der Waals surface area contributed by atoms with Gasteiger partial charge in [-0.1, -0.05) is 23.7 Å². The Labute approximate surface area is 123 Å². The fraction of sp³-hybridized carbons (Fsp3) is 0.462. The summed E-state index contributed by atoms with van der Waals surface area (Å²) in [6, 6.07) is 6.57. The summed E-state index contributed by atoms with van der Waals surface area (Å²) >= 11 is 5.75. The quantitative estimate of drug-likeness (QED) is 0.834. The fourth-order valence-electron chi connectivity index (χ4n) is 1.98. The molecule has 0 spiro atoms. The van der Waals surface area contributed by atoms with E-state index in [0.29, 0.717) is 36.9 Å². The molecule has 7 heteroatoms. The van der Waals surface area contributed by atoms with Crippen LogP contribution in [0.4, 0.5) is 0 Å². The van der Waals surface area contributed by atoms with E-state index in [1.165, 1.54) is 4.90 Å². The molecule has 1 aliphatic rings. The lowest BCUT2D eigenvalue weighted by Gasteiger charge is -2.26. The molecule has 1 aromatic rings. The average Bonchev–Trinajstić information content (AvgIpc) is 2.41. The van der Waals surface area contributed by atoms with E-state index < -0.39 is 15.6 Å². The Hall–Kier alpha value is -1.11. The van der Waals surface area contributed by atoms with Crippen LogP contribution < -0.4 is 0 Å². The van der Waals surface area contributed by atoms with E-state index in [4.69, 9.17) is 16.3 Å². The molecule has 5 nitrogen and oxygen atoms in total. The van der Waals surface area contributed by atoms with Crippen LogP contribution in [0.2, 0.25) is 5.02 Å². The van der Waals surface area contributed by atoms with E-state index in [1.54, 1.807) is 24.3 Å². The second-order valence-electron chi connectivity index (χ2n) is 4.65. The third kappa shape index (κ3) is 4.47. The number of carbonyl (C=O) groups is 1. The van der Waals surface area contributed by atoms with Crippen LogP contribution in [0.5, 0.6) is 0 Å². The minimum atomic E-state index is -3.47. The molecule has 0 aliphatic carbocycles. The zero-order chi connectivity index (χ0) is 14.6. The van der Waals surface area contributed by atoms with Crippen molar-refractivity contribution in [1.29, 1.82) is 0 Å². The van der Waals surface area contributed by atoms with Crippen molar-refractivity contribution in [1.82, 2.24) is 4.90 Å². The standard InChI is InChI=1S/C13H16ClNO4S/c14-12-3-1-11(2-4-12)9-20(17,18)10-13(16)15-5-7-19-8-6-15/h1-4H,5-10H2. The molecule has 1 aromatic carbocycles. The number of ether oxygens (including phenoxy) is 1. The lowest BCUT2D eigenvalue weighted by Crippen LogP contribution is -2.43. The number of morpholine rings is 1. The van der Waals surface area contributed by atoms with Gasteiger partial charge in [-0.15, -0.1) is 0 Å². The molecular weight excluding hydrogens is 302 g/mol. The highest BCUT2D eigenvalue weighted by Crippen LogP contribution is 2.13. The Morgan fingerprint density at radius 1 is 1.20 bits per heavy atom. The van der Waals surface area contributed by atoms with Crippen molar-refractivity contribution < 1.29 is 17.9 Å². The first-order valence-corrected chi connectivity index (χ1v) is 8.47. The normalized spacial score (nSPS) is 16.1. The topological polar surface area (TPSA) is 63.7 Å². The summed E-state index contributed by atoms with van der Waals surface area (Å²) in [6.07, 6.45) is 0. The Morgan fingerprint density at radius 2 is 1.80 bits per heavy atom. The summed E-state index contributed by atoms with van der Waals surface area (Å²) in [5, 5.41) is 0.551. The predicted octanol–water partition coefficient (Wildman–Crippen LogP) is 1.11. The summed E-state index contributed by atoms with van der Waals surface area (Å²) in [7, 11) is -3.47. The van der Waals surface area contributed by atoms with E-state index in [9.17, 15) is 13.2 Å². The first-order chi connectivity index (χ1) is 9.46. The van der Waals surface area contributed by atoms with E-state index in [0.717, 1.165) is 0 Å². The monoisotopic (exact) mass is 317 g/mol. The summed E-state index contributed by atoms with van der Waals surface area (Å²) < 4.78 is 29.2. The minimum absolute atomic E-state index is 0.153. The molecule has 0 radical (unpaired) electrons. The van der Waals surface area contributed by atoms with E-state index in [1.807, 2.05) is 0 Å². The van der Waals surface area contributed by atoms with Gasteiger partial charge in [0.1, 0.15) is 5.75 Å². The molecule has 1 fully saturated rings. The van der Waals surface area contributed by atoms with Gasteiger partial charge in [0.25, 0.3) is 0 Å². The molecule has 110 valence electrons. The Balaban J connectivity index is 1.96. The third-order valence-corrected chi connectivity index (χ3v) is 4.72. The van der Waals surface area contributed by atoms with Crippen LogP contribution in [0.1, 0.15) is 5.56 Å². The van der Waals surface area contributed by atoms with Gasteiger partial charge in [-0.3, -0.25) is 4.79 Å². The van der Waals surface area contributed by atoms with Gasteiger partial charge in [0, 0.05) is 18.1 Å². The first kappa shape index (κ1) is 15.3. The maximum absolute atomic E-state index is 12.0. The van der Waals surface area contributed by atoms with E-state index in [2.05, 4.69) is 0 Å². The van der Waals surface area contributed by atoms with Crippen molar-refractivity contribution in [3.8, 4) is 0 Å². The zero-order valence-electron chi connectivity index (χ0n) is 10.9. The molecule has 0 unspecified atom stereocenters. The van der Waals surface area contributed by atoms with Crippen LogP contribution in [0.3, 0.4) is 0 Å². The number of hydrogen-bond acceptors (Lipinski definition) is 4. The number of hydrogen-bond donors (Lipinski definition) is 0. The summed E-state index contributed by atoms with van der Waals surface area (Å²) in [5.74, 6) is -0.974. The lowest BCUT2D eigenvalue weighted by atomic mass is 10.2. The van der Waals surface area contributed by atoms with Gasteiger partial charge in [-0.25, -0.2) is 8.42 Å².